The quantitative estimate of drug-likeness (QED) is 0.532. The molecule has 0 radical (unpaired) electrons. The van der Waals surface area contributed by atoms with Crippen LogP contribution in [-0.4, -0.2) is 71.0 Å². The zero-order valence-corrected chi connectivity index (χ0v) is 9.21. The second-order valence-corrected chi connectivity index (χ2v) is 1.99. The van der Waals surface area contributed by atoms with Gasteiger partial charge in [-0.3, -0.25) is 9.59 Å². The van der Waals surface area contributed by atoms with E-state index in [4.69, 9.17) is 10.2 Å². The smallest absolute Gasteiger partial charge is 0 e. The van der Waals surface area contributed by atoms with Gasteiger partial charge in [0.1, 0.15) is 0 Å². The average Bonchev–Trinajstić information content (AvgIpc) is 1.79. The maximum absolute atomic E-state index is 9.90. The summed E-state index contributed by atoms with van der Waals surface area (Å²) in [5.74, 6) is -1.74. The Morgan fingerprint density at radius 1 is 0.917 bits per heavy atom. The number of hydrogen-bond acceptors (Lipinski definition) is 2. The molecule has 2 N–H and O–H groups in total. The minimum absolute atomic E-state index is 0. The Labute approximate surface area is 124 Å². The zero-order valence-electron chi connectivity index (χ0n) is 6.25. The Hall–Kier alpha value is 1.13. The summed E-state index contributed by atoms with van der Waals surface area (Å²) < 4.78 is 0. The van der Waals surface area contributed by atoms with Crippen LogP contribution in [0, 0.1) is 0 Å². The van der Waals surface area contributed by atoms with E-state index >= 15 is 0 Å². The number of carbonyl (C=O) groups is 2. The second-order valence-electron chi connectivity index (χ2n) is 1.99. The van der Waals surface area contributed by atoms with Gasteiger partial charge < -0.3 is 10.2 Å². The number of carboxylic acid groups (broad SMARTS) is 2. The molecule has 0 atom stereocenters. The van der Waals surface area contributed by atoms with Crippen molar-refractivity contribution >= 4 is 60.8 Å². The molecule has 6 heteroatoms. The predicted molar refractivity (Wildman–Crippen MR) is 42.3 cm³/mol. The summed E-state index contributed by atoms with van der Waals surface area (Å²) in [5.41, 5.74) is 0. The normalized spacial score (nSPS) is 7.67. The Morgan fingerprint density at radius 2 is 1.17 bits per heavy atom. The predicted octanol–water partition coefficient (Wildman–Crippen LogP) is -0.203. The third kappa shape index (κ3) is 17.3. The molecular weight excluding hydrogens is 339 g/mol. The zero-order chi connectivity index (χ0) is 7.98. The summed E-state index contributed by atoms with van der Waals surface area (Å²) in [5, 5.41) is 16.3. The van der Waals surface area contributed by atoms with Crippen molar-refractivity contribution in [3.05, 3.63) is 0 Å². The Balaban J connectivity index is -0.000000405. The molecule has 0 spiro atoms. The summed E-state index contributed by atoms with van der Waals surface area (Å²) >= 11 is 0. The molecule has 0 aliphatic carbocycles. The van der Waals surface area contributed by atoms with Gasteiger partial charge in [-0.25, -0.2) is 0 Å². The molecule has 0 bridgehead atoms. The minimum atomic E-state index is -0.870. The number of carboxylic acids is 2. The maximum Gasteiger partial charge on any atom is 0 e. The third-order valence-electron chi connectivity index (χ3n) is 1.03. The molecule has 0 unspecified atom stereocenters. The summed E-state index contributed by atoms with van der Waals surface area (Å²) in [4.78, 5) is 19.8. The molecular formula is C6H12BaO4Zn. The number of aliphatic carboxylic acids is 2. The van der Waals surface area contributed by atoms with E-state index < -0.39 is 11.9 Å². The fourth-order valence-corrected chi connectivity index (χ4v) is 0.552. The van der Waals surface area contributed by atoms with Crippen LogP contribution in [0.1, 0.15) is 25.7 Å². The van der Waals surface area contributed by atoms with E-state index in [1.165, 1.54) is 0 Å². The summed E-state index contributed by atoms with van der Waals surface area (Å²) in [6.45, 7) is 0. The van der Waals surface area contributed by atoms with E-state index in [1.807, 2.05) is 0 Å². The van der Waals surface area contributed by atoms with Crippen molar-refractivity contribution in [2.45, 2.75) is 25.7 Å². The van der Waals surface area contributed by atoms with Crippen LogP contribution in [0.2, 0.25) is 0 Å². The fraction of sp³-hybridized carbons (Fsp3) is 0.667. The topological polar surface area (TPSA) is 74.6 Å². The van der Waals surface area contributed by atoms with Crippen molar-refractivity contribution in [1.82, 2.24) is 0 Å². The van der Waals surface area contributed by atoms with Crippen LogP contribution in [0.15, 0.2) is 0 Å². The summed E-state index contributed by atoms with van der Waals surface area (Å²) in [6.07, 6.45) is 1.02. The number of unbranched alkanes of at least 4 members (excludes halogenated alkanes) is 1. The van der Waals surface area contributed by atoms with Gasteiger partial charge in [0.15, 0.2) is 0 Å². The molecule has 0 saturated carbocycles. The van der Waals surface area contributed by atoms with Gasteiger partial charge >= 0.3 is 60.8 Å². The van der Waals surface area contributed by atoms with Gasteiger partial charge in [-0.1, -0.05) is 0 Å². The molecule has 0 fully saturated rings. The van der Waals surface area contributed by atoms with Gasteiger partial charge in [-0.15, -0.1) is 0 Å². The van der Waals surface area contributed by atoms with Crippen molar-refractivity contribution in [3.8, 4) is 0 Å². The molecule has 12 heavy (non-hydrogen) atoms. The molecule has 0 amide bonds. The Morgan fingerprint density at radius 3 is 1.33 bits per heavy atom. The van der Waals surface area contributed by atoms with Crippen molar-refractivity contribution in [2.24, 2.45) is 0 Å². The molecule has 64 valence electrons. The van der Waals surface area contributed by atoms with Gasteiger partial charge in [0.25, 0.3) is 0 Å². The summed E-state index contributed by atoms with van der Waals surface area (Å²) in [7, 11) is 0. The first-order chi connectivity index (χ1) is 4.63. The van der Waals surface area contributed by atoms with E-state index in [-0.39, 0.29) is 81.2 Å². The van der Waals surface area contributed by atoms with E-state index in [1.54, 1.807) is 0 Å². The van der Waals surface area contributed by atoms with Crippen molar-refractivity contribution in [1.29, 1.82) is 0 Å². The van der Waals surface area contributed by atoms with Crippen molar-refractivity contribution in [2.75, 3.05) is 0 Å². The van der Waals surface area contributed by atoms with Crippen molar-refractivity contribution < 1.29 is 39.3 Å². The molecule has 0 aromatic heterocycles. The van der Waals surface area contributed by atoms with Gasteiger partial charge in [0.05, 0.1) is 0 Å². The fourth-order valence-electron chi connectivity index (χ4n) is 0.552. The largest absolute Gasteiger partial charge is 0 e. The van der Waals surface area contributed by atoms with E-state index in [2.05, 4.69) is 0 Å². The van der Waals surface area contributed by atoms with Crippen LogP contribution in [0.5, 0.6) is 0 Å². The summed E-state index contributed by atoms with van der Waals surface area (Å²) in [6, 6.07) is 0. The molecule has 4 nitrogen and oxygen atoms in total. The third-order valence-corrected chi connectivity index (χ3v) is 1.03. The van der Waals surface area contributed by atoms with Gasteiger partial charge in [-0.05, 0) is 12.8 Å². The average molecular weight is 351 g/mol. The SMILES string of the molecule is O=C(O)CCCCC(=O)O.[BaH2].[Zn]. The number of hydrogen-bond donors (Lipinski definition) is 2. The Bertz CT molecular complexity index is 124. The van der Waals surface area contributed by atoms with Crippen LogP contribution in [0.4, 0.5) is 0 Å². The number of rotatable bonds is 5. The van der Waals surface area contributed by atoms with E-state index in [0.29, 0.717) is 12.8 Å². The van der Waals surface area contributed by atoms with E-state index in [0.717, 1.165) is 0 Å². The van der Waals surface area contributed by atoms with Gasteiger partial charge in [-0.2, -0.15) is 0 Å². The monoisotopic (exact) mass is 350 g/mol. The minimum Gasteiger partial charge on any atom is 0 e. The molecule has 0 aliphatic rings. The molecule has 0 aromatic carbocycles. The molecule has 0 rings (SSSR count). The first-order valence-electron chi connectivity index (χ1n) is 3.06. The standard InChI is InChI=1S/C6H10O4.Ba.Zn.2H/c7-5(8)3-1-2-4-6(9)10;;;;/h1-4H2,(H,7,8)(H,9,10);;;;. The van der Waals surface area contributed by atoms with Crippen LogP contribution < -0.4 is 0 Å². The molecule has 0 aromatic rings. The Kier molecular flexibility index (Phi) is 19.0. The van der Waals surface area contributed by atoms with E-state index in [9.17, 15) is 9.59 Å². The first-order valence-corrected chi connectivity index (χ1v) is 3.06. The molecule has 0 saturated heterocycles. The van der Waals surface area contributed by atoms with Gasteiger partial charge in [0, 0.05) is 32.3 Å². The first kappa shape index (κ1) is 18.8. The van der Waals surface area contributed by atoms with Crippen LogP contribution >= 0.6 is 0 Å². The molecule has 0 heterocycles. The molecule has 0 aliphatic heterocycles. The van der Waals surface area contributed by atoms with Crippen LogP contribution in [0.25, 0.3) is 0 Å². The van der Waals surface area contributed by atoms with Crippen molar-refractivity contribution in [3.63, 3.8) is 0 Å². The van der Waals surface area contributed by atoms with Gasteiger partial charge in [0.2, 0.25) is 0 Å². The van der Waals surface area contributed by atoms with Crippen LogP contribution in [0.3, 0.4) is 0 Å². The maximum atomic E-state index is 9.90. The second kappa shape index (κ2) is 12.1. The van der Waals surface area contributed by atoms with Crippen LogP contribution in [-0.2, 0) is 29.1 Å².